The first-order valence-electron chi connectivity index (χ1n) is 11.1. The van der Waals surface area contributed by atoms with Crippen LogP contribution in [0.15, 0.2) is 30.5 Å². The third kappa shape index (κ3) is 5.62. The average molecular weight is 428 g/mol. The molecular formula is C23H33N5O3. The molecule has 1 aromatic carbocycles. The van der Waals surface area contributed by atoms with Crippen molar-refractivity contribution in [1.82, 2.24) is 24.8 Å². The first-order chi connectivity index (χ1) is 14.9. The van der Waals surface area contributed by atoms with Crippen molar-refractivity contribution in [2.24, 2.45) is 13.0 Å². The van der Waals surface area contributed by atoms with E-state index in [2.05, 4.69) is 24.2 Å². The van der Waals surface area contributed by atoms with Crippen LogP contribution in [0.4, 0.5) is 0 Å². The molecule has 1 aliphatic heterocycles. The zero-order valence-corrected chi connectivity index (χ0v) is 19.0. The van der Waals surface area contributed by atoms with Crippen molar-refractivity contribution in [3.63, 3.8) is 0 Å². The fraction of sp³-hybridized carbons (Fsp3) is 0.565. The monoisotopic (exact) mass is 427 g/mol. The molecular weight excluding hydrogens is 394 g/mol. The molecule has 2 amide bonds. The first-order valence-corrected chi connectivity index (χ1v) is 11.1. The lowest BCUT2D eigenvalue weighted by atomic mass is 10.0. The predicted molar refractivity (Wildman–Crippen MR) is 118 cm³/mol. The van der Waals surface area contributed by atoms with Gasteiger partial charge in [0.05, 0.1) is 17.8 Å². The minimum atomic E-state index is -0.129. The van der Waals surface area contributed by atoms with Gasteiger partial charge >= 0.3 is 0 Å². The van der Waals surface area contributed by atoms with Crippen LogP contribution < -0.4 is 4.74 Å². The molecule has 0 unspecified atom stereocenters. The van der Waals surface area contributed by atoms with Gasteiger partial charge in [-0.25, -0.2) is 0 Å². The maximum absolute atomic E-state index is 13.3. The highest BCUT2D eigenvalue weighted by Gasteiger charge is 2.29. The molecule has 8 heteroatoms. The van der Waals surface area contributed by atoms with E-state index in [1.807, 2.05) is 41.0 Å². The summed E-state index contributed by atoms with van der Waals surface area (Å²) in [5, 5.41) is 7.96. The van der Waals surface area contributed by atoms with Gasteiger partial charge in [-0.2, -0.15) is 0 Å². The van der Waals surface area contributed by atoms with Crippen LogP contribution in [0, 0.1) is 5.92 Å². The lowest BCUT2D eigenvalue weighted by Crippen LogP contribution is -2.45. The number of rotatable bonds is 4. The number of nitrogens with zero attached hydrogens (tertiary/aromatic N) is 5. The topological polar surface area (TPSA) is 80.6 Å². The molecule has 8 nitrogen and oxygen atoms in total. The van der Waals surface area contributed by atoms with Crippen LogP contribution in [0.1, 0.15) is 60.9 Å². The van der Waals surface area contributed by atoms with Gasteiger partial charge in [-0.3, -0.25) is 14.3 Å². The van der Waals surface area contributed by atoms with E-state index in [-0.39, 0.29) is 17.9 Å². The van der Waals surface area contributed by atoms with Crippen LogP contribution in [0.3, 0.4) is 0 Å². The second-order valence-corrected chi connectivity index (χ2v) is 8.46. The number of hydrogen-bond donors (Lipinski definition) is 0. The van der Waals surface area contributed by atoms with E-state index in [4.69, 9.17) is 4.74 Å². The van der Waals surface area contributed by atoms with Gasteiger partial charge < -0.3 is 14.5 Å². The summed E-state index contributed by atoms with van der Waals surface area (Å²) in [5.41, 5.74) is 0.911. The van der Waals surface area contributed by atoms with Crippen LogP contribution in [0.2, 0.25) is 0 Å². The lowest BCUT2D eigenvalue weighted by molar-refractivity contribution is 0.0550. The molecule has 1 aliphatic rings. The number of ether oxygens (including phenoxy) is 1. The minimum Gasteiger partial charge on any atom is -0.491 e. The summed E-state index contributed by atoms with van der Waals surface area (Å²) in [6.07, 6.45) is 4.06. The number of hydrogen-bond acceptors (Lipinski definition) is 5. The van der Waals surface area contributed by atoms with E-state index < -0.39 is 0 Å². The Hall–Kier alpha value is -2.90. The van der Waals surface area contributed by atoms with Crippen molar-refractivity contribution in [3.8, 4) is 5.75 Å². The normalized spacial score (nSPS) is 18.2. The van der Waals surface area contributed by atoms with E-state index in [1.54, 1.807) is 17.9 Å². The second-order valence-electron chi connectivity index (χ2n) is 8.46. The maximum Gasteiger partial charge on any atom is 0.276 e. The van der Waals surface area contributed by atoms with Gasteiger partial charge in [0.2, 0.25) is 0 Å². The van der Waals surface area contributed by atoms with Crippen molar-refractivity contribution in [1.29, 1.82) is 0 Å². The molecule has 1 atom stereocenters. The third-order valence-electron chi connectivity index (χ3n) is 5.56. The van der Waals surface area contributed by atoms with E-state index >= 15 is 0 Å². The lowest BCUT2D eigenvalue weighted by Gasteiger charge is -2.33. The molecule has 3 rings (SSSR count). The van der Waals surface area contributed by atoms with E-state index in [1.165, 1.54) is 0 Å². The van der Waals surface area contributed by atoms with Gasteiger partial charge in [-0.05, 0) is 44.2 Å². The average Bonchev–Trinajstić information content (AvgIpc) is 3.19. The number of carbonyl (C=O) groups excluding carboxylic acids is 2. The molecule has 2 heterocycles. The summed E-state index contributed by atoms with van der Waals surface area (Å²) < 4.78 is 7.72. The first kappa shape index (κ1) is 22.8. The van der Waals surface area contributed by atoms with Crippen LogP contribution >= 0.6 is 0 Å². The Kier molecular flexibility index (Phi) is 7.65. The summed E-state index contributed by atoms with van der Waals surface area (Å²) in [6, 6.07) is 7.24. The van der Waals surface area contributed by atoms with Crippen LogP contribution in [-0.4, -0.2) is 68.9 Å². The fourth-order valence-corrected chi connectivity index (χ4v) is 3.99. The Balaban J connectivity index is 1.93. The number of fused-ring (bicyclic) bond motifs is 1. The number of benzene rings is 1. The second kappa shape index (κ2) is 10.4. The van der Waals surface area contributed by atoms with E-state index in [0.29, 0.717) is 49.2 Å². The molecule has 1 aromatic heterocycles. The molecule has 0 saturated carbocycles. The summed E-state index contributed by atoms with van der Waals surface area (Å²) in [4.78, 5) is 30.1. The molecule has 168 valence electrons. The minimum absolute atomic E-state index is 0.00780. The van der Waals surface area contributed by atoms with Crippen LogP contribution in [0.5, 0.6) is 5.75 Å². The van der Waals surface area contributed by atoms with Gasteiger partial charge in [0, 0.05) is 26.7 Å². The van der Waals surface area contributed by atoms with Gasteiger partial charge in [-0.1, -0.05) is 31.2 Å². The molecule has 0 bridgehead atoms. The number of carbonyl (C=O) groups is 2. The zero-order valence-electron chi connectivity index (χ0n) is 19.0. The highest BCUT2D eigenvalue weighted by molar-refractivity contribution is 5.97. The molecule has 0 saturated heterocycles. The van der Waals surface area contributed by atoms with Gasteiger partial charge in [-0.15, -0.1) is 5.10 Å². The predicted octanol–water partition coefficient (Wildman–Crippen LogP) is 3.01. The number of aryl methyl sites for hydroxylation is 1. The summed E-state index contributed by atoms with van der Waals surface area (Å²) >= 11 is 0. The highest BCUT2D eigenvalue weighted by atomic mass is 16.5. The summed E-state index contributed by atoms with van der Waals surface area (Å²) in [6.45, 7) is 8.44. The maximum atomic E-state index is 13.3. The molecule has 0 radical (unpaired) electrons. The Labute approximate surface area is 184 Å². The Morgan fingerprint density at radius 3 is 2.65 bits per heavy atom. The van der Waals surface area contributed by atoms with Gasteiger partial charge in [0.1, 0.15) is 12.4 Å². The SMILES string of the molecule is CCN1CCCCN(C(=O)c2cn(C)nn2)[C@@H](CC(C)C)COc2ccccc2C1=O. The highest BCUT2D eigenvalue weighted by Crippen LogP contribution is 2.24. The van der Waals surface area contributed by atoms with Crippen molar-refractivity contribution in [2.75, 3.05) is 26.2 Å². The van der Waals surface area contributed by atoms with Crippen LogP contribution in [-0.2, 0) is 7.05 Å². The fourth-order valence-electron chi connectivity index (χ4n) is 3.99. The quantitative estimate of drug-likeness (QED) is 0.749. The molecule has 0 fully saturated rings. The third-order valence-corrected chi connectivity index (χ3v) is 5.56. The Bertz CT molecular complexity index is 895. The molecule has 0 spiro atoms. The molecule has 31 heavy (non-hydrogen) atoms. The number of para-hydroxylation sites is 1. The van der Waals surface area contributed by atoms with Crippen LogP contribution in [0.25, 0.3) is 0 Å². The summed E-state index contributed by atoms with van der Waals surface area (Å²) in [5.74, 6) is 0.806. The van der Waals surface area contributed by atoms with Crippen molar-refractivity contribution < 1.29 is 14.3 Å². The smallest absolute Gasteiger partial charge is 0.276 e. The van der Waals surface area contributed by atoms with E-state index in [9.17, 15) is 9.59 Å². The largest absolute Gasteiger partial charge is 0.491 e. The molecule has 2 aromatic rings. The van der Waals surface area contributed by atoms with Gasteiger partial charge in [0.25, 0.3) is 11.8 Å². The summed E-state index contributed by atoms with van der Waals surface area (Å²) in [7, 11) is 1.75. The molecule has 0 aliphatic carbocycles. The van der Waals surface area contributed by atoms with E-state index in [0.717, 1.165) is 19.3 Å². The van der Waals surface area contributed by atoms with Crippen molar-refractivity contribution >= 4 is 11.8 Å². The van der Waals surface area contributed by atoms with Crippen molar-refractivity contribution in [2.45, 2.75) is 46.1 Å². The number of aromatic nitrogens is 3. The standard InChI is InChI=1S/C23H33N5O3/c1-5-27-12-8-9-13-28(23(30)20-15-26(4)25-24-20)18(14-17(2)3)16-31-21-11-7-6-10-19(21)22(27)29/h6-7,10-11,15,17-18H,5,8-9,12-14,16H2,1-4H3/t18-/m0/s1. The van der Waals surface area contributed by atoms with Gasteiger partial charge in [0.15, 0.2) is 5.69 Å². The Morgan fingerprint density at radius 2 is 1.97 bits per heavy atom. The molecule has 0 N–H and O–H groups in total. The number of amides is 2. The zero-order chi connectivity index (χ0) is 22.4. The Morgan fingerprint density at radius 1 is 1.23 bits per heavy atom. The van der Waals surface area contributed by atoms with Crippen molar-refractivity contribution in [3.05, 3.63) is 41.7 Å².